The molecule has 2 heterocycles. The molecule has 15 nitrogen and oxygen atoms in total. The van der Waals surface area contributed by atoms with Crippen molar-refractivity contribution in [3.8, 4) is 0 Å². The zero-order valence-corrected chi connectivity index (χ0v) is 40.0. The van der Waals surface area contributed by atoms with E-state index in [1.165, 1.54) is 89.9 Å². The van der Waals surface area contributed by atoms with Gasteiger partial charge in [0.05, 0.1) is 19.8 Å². The van der Waals surface area contributed by atoms with Gasteiger partial charge in [-0.25, -0.2) is 0 Å². The van der Waals surface area contributed by atoms with Gasteiger partial charge in [-0.05, 0) is 64.2 Å². The molecule has 0 aromatic rings. The van der Waals surface area contributed by atoms with Crippen LogP contribution in [0.15, 0.2) is 24.3 Å². The Morgan fingerprint density at radius 3 is 1.38 bits per heavy atom. The SMILES string of the molecule is CCCCC/C=C/CCCCCCCC(=O)O[C@@H](COC(=O)CCCCCCCCCCC/C=C/CCCCCC)CO[C@@H]1O[C@H](CO[C@@H]2O[C@H](CO)[C@H](O)C(O)C2O)[C@H](O)C(O)C1O. The predicted octanol–water partition coefficient (Wildman–Crippen LogP) is 6.77. The lowest BCUT2D eigenvalue weighted by Crippen LogP contribution is -2.61. The van der Waals surface area contributed by atoms with Crippen molar-refractivity contribution in [2.45, 2.75) is 255 Å². The van der Waals surface area contributed by atoms with E-state index in [0.717, 1.165) is 57.8 Å². The predicted molar refractivity (Wildman–Crippen MR) is 247 cm³/mol. The lowest BCUT2D eigenvalue weighted by Gasteiger charge is -2.42. The second-order valence-electron chi connectivity index (χ2n) is 18.0. The van der Waals surface area contributed by atoms with E-state index in [1.54, 1.807) is 0 Å². The van der Waals surface area contributed by atoms with Crippen LogP contribution in [0.25, 0.3) is 0 Å². The maximum absolute atomic E-state index is 13.0. The first-order valence-electron chi connectivity index (χ1n) is 25.4. The van der Waals surface area contributed by atoms with Gasteiger partial charge >= 0.3 is 11.9 Å². The van der Waals surface area contributed by atoms with Gasteiger partial charge in [0.15, 0.2) is 18.7 Å². The van der Waals surface area contributed by atoms with Gasteiger partial charge in [0.1, 0.15) is 55.4 Å². The maximum atomic E-state index is 13.0. The van der Waals surface area contributed by atoms with E-state index in [2.05, 4.69) is 38.2 Å². The highest BCUT2D eigenvalue weighted by Gasteiger charge is 2.47. The third-order valence-electron chi connectivity index (χ3n) is 12.2. The Labute approximate surface area is 390 Å². The molecule has 0 saturated carbocycles. The highest BCUT2D eigenvalue weighted by molar-refractivity contribution is 5.70. The monoisotopic (exact) mass is 931 g/mol. The number of rotatable bonds is 39. The summed E-state index contributed by atoms with van der Waals surface area (Å²) in [4.78, 5) is 25.7. The molecule has 0 bridgehead atoms. The number of aliphatic hydroxyl groups excluding tert-OH is 7. The van der Waals surface area contributed by atoms with Gasteiger partial charge in [0, 0.05) is 12.8 Å². The van der Waals surface area contributed by atoms with Crippen LogP contribution in [0.1, 0.15) is 187 Å². The minimum absolute atomic E-state index is 0.156. The third kappa shape index (κ3) is 26.4. The molecule has 380 valence electrons. The van der Waals surface area contributed by atoms with Crippen LogP contribution in [0.3, 0.4) is 0 Å². The van der Waals surface area contributed by atoms with Crippen LogP contribution in [-0.2, 0) is 38.0 Å². The number of hydrogen-bond donors (Lipinski definition) is 7. The summed E-state index contributed by atoms with van der Waals surface area (Å²) in [6.45, 7) is 2.54. The van der Waals surface area contributed by atoms with E-state index in [1.807, 2.05) is 0 Å². The molecule has 4 unspecified atom stereocenters. The molecule has 11 atom stereocenters. The van der Waals surface area contributed by atoms with Crippen molar-refractivity contribution >= 4 is 11.9 Å². The Morgan fingerprint density at radius 1 is 0.477 bits per heavy atom. The molecular formula is C50H90O15. The Kier molecular flexibility index (Phi) is 34.5. The molecule has 2 saturated heterocycles. The van der Waals surface area contributed by atoms with Crippen LogP contribution in [-0.4, -0.2) is 142 Å². The normalized spacial score (nSPS) is 26.5. The largest absolute Gasteiger partial charge is 0.462 e. The zero-order valence-electron chi connectivity index (χ0n) is 40.0. The van der Waals surface area contributed by atoms with Crippen LogP contribution >= 0.6 is 0 Å². The minimum Gasteiger partial charge on any atom is -0.462 e. The summed E-state index contributed by atoms with van der Waals surface area (Å²) in [5.74, 6) is -0.934. The fraction of sp³-hybridized carbons (Fsp3) is 0.880. The van der Waals surface area contributed by atoms with Gasteiger partial charge < -0.3 is 64.2 Å². The Hall–Kier alpha value is -2.02. The number of esters is 2. The molecule has 2 aliphatic heterocycles. The van der Waals surface area contributed by atoms with Crippen molar-refractivity contribution < 1.29 is 73.8 Å². The van der Waals surface area contributed by atoms with E-state index in [9.17, 15) is 45.3 Å². The summed E-state index contributed by atoms with van der Waals surface area (Å²) < 4.78 is 33.5. The molecule has 0 amide bonds. The average molecular weight is 931 g/mol. The van der Waals surface area contributed by atoms with Crippen molar-refractivity contribution in [1.82, 2.24) is 0 Å². The first-order chi connectivity index (χ1) is 31.5. The summed E-state index contributed by atoms with van der Waals surface area (Å²) >= 11 is 0. The Bertz CT molecular complexity index is 1230. The topological polar surface area (TPSA) is 231 Å². The van der Waals surface area contributed by atoms with E-state index in [4.69, 9.17) is 28.4 Å². The van der Waals surface area contributed by atoms with Crippen molar-refractivity contribution in [2.75, 3.05) is 26.4 Å². The summed E-state index contributed by atoms with van der Waals surface area (Å²) in [5.41, 5.74) is 0. The molecule has 2 aliphatic rings. The molecule has 0 aliphatic carbocycles. The second-order valence-corrected chi connectivity index (χ2v) is 18.0. The molecule has 0 radical (unpaired) electrons. The van der Waals surface area contributed by atoms with Gasteiger partial charge in [-0.1, -0.05) is 134 Å². The maximum Gasteiger partial charge on any atom is 0.306 e. The number of aliphatic hydroxyl groups is 7. The van der Waals surface area contributed by atoms with Gasteiger partial charge in [-0.3, -0.25) is 9.59 Å². The minimum atomic E-state index is -1.76. The molecule has 2 rings (SSSR count). The molecule has 0 spiro atoms. The van der Waals surface area contributed by atoms with Gasteiger partial charge in [-0.15, -0.1) is 0 Å². The summed E-state index contributed by atoms with van der Waals surface area (Å²) in [6, 6.07) is 0. The van der Waals surface area contributed by atoms with Gasteiger partial charge in [-0.2, -0.15) is 0 Å². The highest BCUT2D eigenvalue weighted by Crippen LogP contribution is 2.26. The zero-order chi connectivity index (χ0) is 47.5. The van der Waals surface area contributed by atoms with Gasteiger partial charge in [0.2, 0.25) is 0 Å². The fourth-order valence-corrected chi connectivity index (χ4v) is 7.91. The smallest absolute Gasteiger partial charge is 0.306 e. The average Bonchev–Trinajstić information content (AvgIpc) is 3.30. The third-order valence-corrected chi connectivity index (χ3v) is 12.2. The number of carbonyl (C=O) groups is 2. The molecule has 15 heteroatoms. The number of carbonyl (C=O) groups excluding carboxylic acids is 2. The van der Waals surface area contributed by atoms with Crippen molar-refractivity contribution in [3.05, 3.63) is 24.3 Å². The van der Waals surface area contributed by atoms with E-state index in [-0.39, 0.29) is 26.1 Å². The van der Waals surface area contributed by atoms with E-state index >= 15 is 0 Å². The standard InChI is InChI=1S/C50H90O15/c1-3-5-7-9-11-13-15-17-18-19-20-21-23-24-26-28-30-32-41(52)60-35-38(63-42(53)33-31-29-27-25-22-16-14-12-10-8-6-4-2)36-61-49-48(59)46(57)44(55)40(65-49)37-62-50-47(58)45(56)43(54)39(34-51)64-50/h12-15,38-40,43-51,54-59H,3-11,16-37H2,1-2H3/b14-12+,15-13+/t38-,39+,40+,43-,44-,45?,46?,47?,48?,49+,50+/m0/s1. The van der Waals surface area contributed by atoms with Crippen LogP contribution < -0.4 is 0 Å². The van der Waals surface area contributed by atoms with Crippen LogP contribution in [0, 0.1) is 0 Å². The molecule has 2 fully saturated rings. The number of ether oxygens (including phenoxy) is 6. The summed E-state index contributed by atoms with van der Waals surface area (Å²) in [7, 11) is 0. The lowest BCUT2D eigenvalue weighted by atomic mass is 9.98. The lowest BCUT2D eigenvalue weighted by molar-refractivity contribution is -0.332. The molecule has 0 aromatic carbocycles. The van der Waals surface area contributed by atoms with Crippen LogP contribution in [0.5, 0.6) is 0 Å². The number of hydrogen-bond acceptors (Lipinski definition) is 15. The Morgan fingerprint density at radius 2 is 0.877 bits per heavy atom. The number of unbranched alkanes of at least 4 members (excludes halogenated alkanes) is 21. The quantitative estimate of drug-likeness (QED) is 0.0192. The molecular weight excluding hydrogens is 841 g/mol. The highest BCUT2D eigenvalue weighted by atomic mass is 16.7. The summed E-state index contributed by atoms with van der Waals surface area (Å²) in [5, 5.41) is 72.0. The van der Waals surface area contributed by atoms with Gasteiger partial charge in [0.25, 0.3) is 0 Å². The molecule has 0 aromatic heterocycles. The number of allylic oxidation sites excluding steroid dienone is 4. The molecule has 65 heavy (non-hydrogen) atoms. The van der Waals surface area contributed by atoms with Crippen LogP contribution in [0.4, 0.5) is 0 Å². The van der Waals surface area contributed by atoms with Crippen molar-refractivity contribution in [3.63, 3.8) is 0 Å². The van der Waals surface area contributed by atoms with Crippen molar-refractivity contribution in [2.24, 2.45) is 0 Å². The molecule has 7 N–H and O–H groups in total. The van der Waals surface area contributed by atoms with E-state index in [0.29, 0.717) is 12.8 Å². The van der Waals surface area contributed by atoms with E-state index < -0.39 is 92.7 Å². The first kappa shape index (κ1) is 59.1. The second kappa shape index (κ2) is 37.9. The van der Waals surface area contributed by atoms with Crippen molar-refractivity contribution in [1.29, 1.82) is 0 Å². The Balaban J connectivity index is 1.80. The fourth-order valence-electron chi connectivity index (χ4n) is 7.91. The summed E-state index contributed by atoms with van der Waals surface area (Å²) in [6.07, 6.45) is 20.7. The first-order valence-corrected chi connectivity index (χ1v) is 25.4. The van der Waals surface area contributed by atoms with Crippen LogP contribution in [0.2, 0.25) is 0 Å².